The Kier molecular flexibility index (Phi) is 4.45. The van der Waals surface area contributed by atoms with Gasteiger partial charge in [0.1, 0.15) is 5.88 Å². The molecule has 88 valence electrons. The van der Waals surface area contributed by atoms with Gasteiger partial charge in [-0.1, -0.05) is 20.8 Å². The van der Waals surface area contributed by atoms with Gasteiger partial charge in [-0.25, -0.2) is 0 Å². The van der Waals surface area contributed by atoms with Crippen LogP contribution in [0.5, 0.6) is 0 Å². The van der Waals surface area contributed by atoms with E-state index in [1.165, 1.54) is 12.8 Å². The molecule has 0 spiro atoms. The molecule has 3 heteroatoms. The van der Waals surface area contributed by atoms with Crippen molar-refractivity contribution < 1.29 is 4.79 Å². The number of carbonyl (C=O) groups is 1. The normalized spacial score (nSPS) is 27.5. The fourth-order valence-corrected chi connectivity index (χ4v) is 2.45. The van der Waals surface area contributed by atoms with Crippen molar-refractivity contribution in [2.24, 2.45) is 11.3 Å². The zero-order chi connectivity index (χ0) is 11.5. The molecule has 0 bridgehead atoms. The molecule has 0 aliphatic heterocycles. The van der Waals surface area contributed by atoms with Crippen LogP contribution in [0.25, 0.3) is 0 Å². The SMILES string of the molecule is CC(C)(C)C1CCC(NC(=O)CCl)CC1. The van der Waals surface area contributed by atoms with Crippen molar-refractivity contribution >= 4 is 17.5 Å². The van der Waals surface area contributed by atoms with Crippen molar-refractivity contribution in [3.05, 3.63) is 0 Å². The molecule has 1 amide bonds. The monoisotopic (exact) mass is 231 g/mol. The van der Waals surface area contributed by atoms with Gasteiger partial charge < -0.3 is 5.32 Å². The Balaban J connectivity index is 2.33. The van der Waals surface area contributed by atoms with E-state index in [1.54, 1.807) is 0 Å². The molecule has 2 nitrogen and oxygen atoms in total. The number of halogens is 1. The van der Waals surface area contributed by atoms with Crippen molar-refractivity contribution in [1.82, 2.24) is 5.32 Å². The predicted molar refractivity (Wildman–Crippen MR) is 64.1 cm³/mol. The number of alkyl halides is 1. The highest BCUT2D eigenvalue weighted by Gasteiger charge is 2.29. The van der Waals surface area contributed by atoms with Gasteiger partial charge in [-0.2, -0.15) is 0 Å². The molecule has 0 saturated heterocycles. The van der Waals surface area contributed by atoms with Gasteiger partial charge in [-0.15, -0.1) is 11.6 Å². The quantitative estimate of drug-likeness (QED) is 0.728. The molecule has 1 aliphatic rings. The summed E-state index contributed by atoms with van der Waals surface area (Å²) in [5.41, 5.74) is 0.404. The lowest BCUT2D eigenvalue weighted by Crippen LogP contribution is -2.40. The highest BCUT2D eigenvalue weighted by atomic mass is 35.5. The molecular weight excluding hydrogens is 210 g/mol. The number of hydrogen-bond acceptors (Lipinski definition) is 1. The van der Waals surface area contributed by atoms with Crippen LogP contribution in [-0.2, 0) is 4.79 Å². The van der Waals surface area contributed by atoms with E-state index < -0.39 is 0 Å². The molecule has 0 heterocycles. The second-order valence-corrected chi connectivity index (χ2v) is 5.88. The number of carbonyl (C=O) groups excluding carboxylic acids is 1. The molecule has 0 radical (unpaired) electrons. The van der Waals surface area contributed by atoms with Gasteiger partial charge in [0.15, 0.2) is 0 Å². The topological polar surface area (TPSA) is 29.1 Å². The summed E-state index contributed by atoms with van der Waals surface area (Å²) in [5.74, 6) is 0.844. The summed E-state index contributed by atoms with van der Waals surface area (Å²) < 4.78 is 0. The van der Waals surface area contributed by atoms with Crippen LogP contribution in [0.3, 0.4) is 0 Å². The third-order valence-corrected chi connectivity index (χ3v) is 3.68. The highest BCUT2D eigenvalue weighted by Crippen LogP contribution is 2.37. The lowest BCUT2D eigenvalue weighted by molar-refractivity contribution is -0.119. The third kappa shape index (κ3) is 4.02. The van der Waals surface area contributed by atoms with E-state index in [1.807, 2.05) is 0 Å². The van der Waals surface area contributed by atoms with E-state index in [0.29, 0.717) is 11.5 Å². The Morgan fingerprint density at radius 1 is 1.27 bits per heavy atom. The molecule has 0 unspecified atom stereocenters. The van der Waals surface area contributed by atoms with Gasteiger partial charge in [0.2, 0.25) is 5.91 Å². The number of nitrogens with one attached hydrogen (secondary N) is 1. The first-order valence-corrected chi connectivity index (χ1v) is 6.32. The number of rotatable bonds is 2. The summed E-state index contributed by atoms with van der Waals surface area (Å²) in [5, 5.41) is 2.97. The molecule has 0 aromatic rings. The van der Waals surface area contributed by atoms with Crippen LogP contribution >= 0.6 is 11.6 Å². The summed E-state index contributed by atoms with van der Waals surface area (Å²) >= 11 is 5.46. The Hall–Kier alpha value is -0.240. The van der Waals surface area contributed by atoms with E-state index in [-0.39, 0.29) is 11.8 Å². The summed E-state index contributed by atoms with van der Waals surface area (Å²) in [7, 11) is 0. The first kappa shape index (κ1) is 12.8. The van der Waals surface area contributed by atoms with Crippen molar-refractivity contribution in [3.8, 4) is 0 Å². The predicted octanol–water partition coefficient (Wildman–Crippen LogP) is 2.95. The minimum atomic E-state index is -0.0316. The molecule has 1 fully saturated rings. The van der Waals surface area contributed by atoms with E-state index in [2.05, 4.69) is 26.1 Å². The smallest absolute Gasteiger partial charge is 0.235 e. The summed E-state index contributed by atoms with van der Waals surface area (Å²) in [6.07, 6.45) is 4.64. The van der Waals surface area contributed by atoms with E-state index in [0.717, 1.165) is 18.8 Å². The van der Waals surface area contributed by atoms with Crippen molar-refractivity contribution in [2.45, 2.75) is 52.5 Å². The van der Waals surface area contributed by atoms with Gasteiger partial charge in [-0.05, 0) is 37.0 Å². The Bertz CT molecular complexity index is 214. The molecule has 1 saturated carbocycles. The van der Waals surface area contributed by atoms with Crippen molar-refractivity contribution in [1.29, 1.82) is 0 Å². The lowest BCUT2D eigenvalue weighted by atomic mass is 9.71. The van der Waals surface area contributed by atoms with Gasteiger partial charge in [0.25, 0.3) is 0 Å². The minimum Gasteiger partial charge on any atom is -0.352 e. The van der Waals surface area contributed by atoms with Crippen LogP contribution < -0.4 is 5.32 Å². The maximum absolute atomic E-state index is 11.1. The standard InChI is InChI=1S/C12H22ClNO/c1-12(2,3)9-4-6-10(7-5-9)14-11(15)8-13/h9-10H,4-8H2,1-3H3,(H,14,15). The van der Waals surface area contributed by atoms with Crippen LogP contribution in [0.15, 0.2) is 0 Å². The third-order valence-electron chi connectivity index (χ3n) is 3.44. The average Bonchev–Trinajstić information content (AvgIpc) is 2.17. The average molecular weight is 232 g/mol. The summed E-state index contributed by atoms with van der Waals surface area (Å²) in [4.78, 5) is 11.1. The molecule has 1 aliphatic carbocycles. The van der Waals surface area contributed by atoms with Crippen LogP contribution in [0.2, 0.25) is 0 Å². The Morgan fingerprint density at radius 3 is 2.20 bits per heavy atom. The minimum absolute atomic E-state index is 0.0316. The van der Waals surface area contributed by atoms with E-state index >= 15 is 0 Å². The summed E-state index contributed by atoms with van der Waals surface area (Å²) in [6.45, 7) is 6.90. The molecule has 0 aromatic carbocycles. The van der Waals surface area contributed by atoms with Gasteiger partial charge >= 0.3 is 0 Å². The van der Waals surface area contributed by atoms with Gasteiger partial charge in [0.05, 0.1) is 0 Å². The van der Waals surface area contributed by atoms with Crippen LogP contribution in [0.4, 0.5) is 0 Å². The largest absolute Gasteiger partial charge is 0.352 e. The fourth-order valence-electron chi connectivity index (χ4n) is 2.37. The van der Waals surface area contributed by atoms with Crippen LogP contribution in [0.1, 0.15) is 46.5 Å². The van der Waals surface area contributed by atoms with Crippen LogP contribution in [-0.4, -0.2) is 17.8 Å². The molecule has 1 rings (SSSR count). The lowest BCUT2D eigenvalue weighted by Gasteiger charge is -2.37. The molecule has 1 N–H and O–H groups in total. The van der Waals surface area contributed by atoms with Crippen LogP contribution in [0, 0.1) is 11.3 Å². The maximum atomic E-state index is 11.1. The fraction of sp³-hybridized carbons (Fsp3) is 0.917. The first-order chi connectivity index (χ1) is 6.93. The highest BCUT2D eigenvalue weighted by molar-refractivity contribution is 6.27. The second kappa shape index (κ2) is 5.20. The second-order valence-electron chi connectivity index (χ2n) is 5.62. The Morgan fingerprint density at radius 2 is 1.80 bits per heavy atom. The molecule has 0 atom stereocenters. The van der Waals surface area contributed by atoms with Crippen molar-refractivity contribution in [2.75, 3.05) is 5.88 Å². The van der Waals surface area contributed by atoms with Crippen molar-refractivity contribution in [3.63, 3.8) is 0 Å². The molecule has 0 aromatic heterocycles. The van der Waals surface area contributed by atoms with E-state index in [9.17, 15) is 4.79 Å². The number of amides is 1. The van der Waals surface area contributed by atoms with E-state index in [4.69, 9.17) is 11.6 Å². The number of hydrogen-bond donors (Lipinski definition) is 1. The summed E-state index contributed by atoms with van der Waals surface area (Å²) in [6, 6.07) is 0.356. The van der Waals surface area contributed by atoms with Gasteiger partial charge in [-0.3, -0.25) is 4.79 Å². The first-order valence-electron chi connectivity index (χ1n) is 5.79. The Labute approximate surface area is 97.8 Å². The molecular formula is C12H22ClNO. The molecule has 15 heavy (non-hydrogen) atoms. The zero-order valence-corrected chi connectivity index (χ0v) is 10.7. The zero-order valence-electron chi connectivity index (χ0n) is 9.98. The maximum Gasteiger partial charge on any atom is 0.235 e. The van der Waals surface area contributed by atoms with Gasteiger partial charge in [0, 0.05) is 6.04 Å².